The largest absolute Gasteiger partial charge is 0.472 e. The summed E-state index contributed by atoms with van der Waals surface area (Å²) in [6.45, 7) is 17.8. The summed E-state index contributed by atoms with van der Waals surface area (Å²) in [6.07, 6.45) is -7.53. The third-order valence-corrected chi connectivity index (χ3v) is 11.9. The van der Waals surface area contributed by atoms with Gasteiger partial charge in [-0.1, -0.05) is 20.8 Å². The molecule has 4 aliphatic rings. The second kappa shape index (κ2) is 16.1. The van der Waals surface area contributed by atoms with Gasteiger partial charge in [0, 0.05) is 37.8 Å². The molecule has 4 aliphatic heterocycles. The third-order valence-electron chi connectivity index (χ3n) is 11.9. The second-order valence-corrected chi connectivity index (χ2v) is 16.5. The maximum absolute atomic E-state index is 14.2. The summed E-state index contributed by atoms with van der Waals surface area (Å²) in [6, 6.07) is -1.04. The lowest BCUT2D eigenvalue weighted by molar-refractivity contribution is -0.315. The van der Waals surface area contributed by atoms with Crippen LogP contribution in [0.1, 0.15) is 94.9 Å². The molecule has 4 N–H and O–H groups in total. The number of aliphatic imine (C=N–C) groups is 1. The maximum Gasteiger partial charge on any atom is 0.311 e. The summed E-state index contributed by atoms with van der Waals surface area (Å²) in [5.41, 5.74) is -3.91. The van der Waals surface area contributed by atoms with Crippen LogP contribution in [0.3, 0.4) is 0 Å². The zero-order valence-corrected chi connectivity index (χ0v) is 32.9. The first-order valence-electron chi connectivity index (χ1n) is 18.7. The van der Waals surface area contributed by atoms with Gasteiger partial charge in [0.15, 0.2) is 18.5 Å². The lowest BCUT2D eigenvalue weighted by Gasteiger charge is -2.48. The molecule has 0 spiro atoms. The molecule has 18 atom stereocenters. The lowest BCUT2D eigenvalue weighted by atomic mass is 9.79. The normalized spacial score (nSPS) is 50.3. The van der Waals surface area contributed by atoms with Gasteiger partial charge in [0.05, 0.1) is 35.9 Å². The van der Waals surface area contributed by atoms with Crippen molar-refractivity contribution in [1.29, 1.82) is 0 Å². The average molecular weight is 731 g/mol. The Morgan fingerprint density at radius 3 is 2.20 bits per heavy atom. The molecule has 14 nitrogen and oxygen atoms in total. The summed E-state index contributed by atoms with van der Waals surface area (Å²) in [5.74, 6) is -2.03. The Balaban J connectivity index is 1.85. The number of fused-ring (bicyclic) bond motifs is 2. The van der Waals surface area contributed by atoms with E-state index in [1.54, 1.807) is 34.6 Å². The van der Waals surface area contributed by atoms with Crippen molar-refractivity contribution in [2.45, 2.75) is 185 Å². The SMILES string of the molecule is CC[C@H]1OC(=O)[C@H](C)[C@@H](O[C@@H]2C[C@](C)(OC)[C@H](O)[C@@H](C)O2)[C@H](C)[C@@H](O[C@H]2O[C@H](C)C[C@H](N(C)C)[C@H]2O)[C@@]2(C)C[C@@H](C)C(=N[C@H](C)[C@@H](O)[C@]1(C)O)O2. The highest BCUT2D eigenvalue weighted by molar-refractivity contribution is 5.81. The van der Waals surface area contributed by atoms with Crippen molar-refractivity contribution in [2.24, 2.45) is 22.7 Å². The van der Waals surface area contributed by atoms with Crippen LogP contribution in [0.25, 0.3) is 0 Å². The zero-order chi connectivity index (χ0) is 38.4. The number of carbonyl (C=O) groups is 1. The number of aliphatic hydroxyl groups is 4. The highest BCUT2D eigenvalue weighted by Crippen LogP contribution is 2.44. The first kappa shape index (κ1) is 42.3. The van der Waals surface area contributed by atoms with Crippen LogP contribution in [-0.4, -0.2) is 149 Å². The van der Waals surface area contributed by atoms with Crippen molar-refractivity contribution in [2.75, 3.05) is 21.2 Å². The number of ether oxygens (including phenoxy) is 7. The molecule has 0 aliphatic carbocycles. The van der Waals surface area contributed by atoms with Crippen molar-refractivity contribution in [3.05, 3.63) is 0 Å². The molecule has 296 valence electrons. The topological polar surface area (TPSA) is 178 Å². The Hall–Kier alpha value is -1.46. The molecule has 51 heavy (non-hydrogen) atoms. The van der Waals surface area contributed by atoms with Crippen LogP contribution in [0.2, 0.25) is 0 Å². The van der Waals surface area contributed by atoms with Gasteiger partial charge in [-0.15, -0.1) is 0 Å². The van der Waals surface area contributed by atoms with Crippen LogP contribution in [0.5, 0.6) is 0 Å². The van der Waals surface area contributed by atoms with Gasteiger partial charge in [-0.3, -0.25) is 4.79 Å². The summed E-state index contributed by atoms with van der Waals surface area (Å²) in [4.78, 5) is 20.9. The summed E-state index contributed by atoms with van der Waals surface area (Å²) >= 11 is 0. The standard InChI is InChI=1S/C37H66N2O12/c1-14-25-37(10,44)29(41)22(6)38-32-18(2)16-36(9,51-32)31(50-34-27(40)24(39(11)12)15-19(3)46-34)20(4)28(21(5)33(43)48-25)49-26-17-35(8,45-13)30(42)23(7)47-26/h18-31,34,40-42,44H,14-17H2,1-13H3/t18-,19-,20+,21-,22-,23-,24+,25-,26-,27-,28+,29-,30-,31-,34-,35+,36-,37-/m1/s1. The molecule has 0 saturated carbocycles. The molecule has 0 aromatic rings. The fourth-order valence-corrected chi connectivity index (χ4v) is 8.61. The number of esters is 1. The molecule has 0 aromatic carbocycles. The van der Waals surface area contributed by atoms with Crippen molar-refractivity contribution in [3.63, 3.8) is 0 Å². The van der Waals surface area contributed by atoms with E-state index in [1.807, 2.05) is 46.7 Å². The molecule has 0 unspecified atom stereocenters. The molecule has 0 radical (unpaired) electrons. The number of aliphatic hydroxyl groups excluding tert-OH is 3. The van der Waals surface area contributed by atoms with Crippen molar-refractivity contribution >= 4 is 11.9 Å². The van der Waals surface area contributed by atoms with E-state index in [2.05, 4.69) is 0 Å². The number of carbonyl (C=O) groups excluding carboxylic acids is 1. The average Bonchev–Trinajstić information content (AvgIpc) is 3.35. The molecule has 4 heterocycles. The van der Waals surface area contributed by atoms with Crippen LogP contribution in [-0.2, 0) is 38.0 Å². The van der Waals surface area contributed by atoms with E-state index in [0.717, 1.165) is 0 Å². The smallest absolute Gasteiger partial charge is 0.311 e. The number of hydrogen-bond acceptors (Lipinski definition) is 14. The van der Waals surface area contributed by atoms with Crippen LogP contribution in [0, 0.1) is 17.8 Å². The number of hydrogen-bond donors (Lipinski definition) is 4. The highest BCUT2D eigenvalue weighted by atomic mass is 16.7. The lowest BCUT2D eigenvalue weighted by Crippen LogP contribution is -2.60. The van der Waals surface area contributed by atoms with E-state index in [9.17, 15) is 25.2 Å². The minimum atomic E-state index is -1.84. The van der Waals surface area contributed by atoms with Gasteiger partial charge in [0.25, 0.3) is 0 Å². The Bertz CT molecular complexity index is 1220. The van der Waals surface area contributed by atoms with Gasteiger partial charge in [-0.25, -0.2) is 4.99 Å². The molecular formula is C37H66N2O12. The van der Waals surface area contributed by atoms with Crippen molar-refractivity contribution in [1.82, 2.24) is 4.90 Å². The number of nitrogens with zero attached hydrogens (tertiary/aromatic N) is 2. The van der Waals surface area contributed by atoms with E-state index >= 15 is 0 Å². The Kier molecular flexibility index (Phi) is 13.4. The van der Waals surface area contributed by atoms with Crippen molar-refractivity contribution in [3.8, 4) is 0 Å². The number of cyclic esters (lactones) is 1. The molecule has 4 rings (SSSR count). The Labute approximate surface area is 304 Å². The van der Waals surface area contributed by atoms with Gasteiger partial charge >= 0.3 is 5.97 Å². The highest BCUT2D eigenvalue weighted by Gasteiger charge is 2.56. The van der Waals surface area contributed by atoms with Gasteiger partial charge < -0.3 is 58.5 Å². The minimum Gasteiger partial charge on any atom is -0.472 e. The molecule has 3 saturated heterocycles. The fraction of sp³-hybridized carbons (Fsp3) is 0.946. The van der Waals surface area contributed by atoms with Crippen LogP contribution < -0.4 is 0 Å². The van der Waals surface area contributed by atoms with E-state index in [1.165, 1.54) is 14.0 Å². The molecule has 0 amide bonds. The van der Waals surface area contributed by atoms with Gasteiger partial charge in [-0.2, -0.15) is 0 Å². The molecule has 14 heteroatoms. The maximum atomic E-state index is 14.2. The molecular weight excluding hydrogens is 664 g/mol. The predicted molar refractivity (Wildman–Crippen MR) is 188 cm³/mol. The minimum absolute atomic E-state index is 0.163. The van der Waals surface area contributed by atoms with E-state index in [0.29, 0.717) is 18.7 Å². The molecule has 3 fully saturated rings. The fourth-order valence-electron chi connectivity index (χ4n) is 8.61. The van der Waals surface area contributed by atoms with E-state index in [4.69, 9.17) is 38.2 Å². The van der Waals surface area contributed by atoms with E-state index < -0.39 is 96.0 Å². The summed E-state index contributed by atoms with van der Waals surface area (Å²) in [7, 11) is 5.33. The summed E-state index contributed by atoms with van der Waals surface area (Å²) in [5, 5.41) is 45.5. The first-order valence-corrected chi connectivity index (χ1v) is 18.7. The molecule has 0 aromatic heterocycles. The quantitative estimate of drug-likeness (QED) is 0.281. The number of rotatable bonds is 7. The predicted octanol–water partition coefficient (Wildman–Crippen LogP) is 2.41. The van der Waals surface area contributed by atoms with Gasteiger partial charge in [-0.05, 0) is 75.4 Å². The Morgan fingerprint density at radius 1 is 0.961 bits per heavy atom. The van der Waals surface area contributed by atoms with Gasteiger partial charge in [0.2, 0.25) is 0 Å². The zero-order valence-electron chi connectivity index (χ0n) is 32.9. The van der Waals surface area contributed by atoms with Crippen LogP contribution in [0.15, 0.2) is 4.99 Å². The van der Waals surface area contributed by atoms with Crippen LogP contribution in [0.4, 0.5) is 0 Å². The van der Waals surface area contributed by atoms with Crippen LogP contribution >= 0.6 is 0 Å². The number of likely N-dealkylation sites (N-methyl/N-ethyl adjacent to an activating group) is 1. The summed E-state index contributed by atoms with van der Waals surface area (Å²) < 4.78 is 44.5. The van der Waals surface area contributed by atoms with Gasteiger partial charge in [0.1, 0.15) is 41.7 Å². The first-order chi connectivity index (χ1) is 23.6. The van der Waals surface area contributed by atoms with E-state index in [-0.39, 0.29) is 30.9 Å². The molecule has 2 bridgehead atoms. The monoisotopic (exact) mass is 730 g/mol. The number of methoxy groups -OCH3 is 1. The van der Waals surface area contributed by atoms with Crippen molar-refractivity contribution < 1.29 is 58.4 Å². The Morgan fingerprint density at radius 2 is 1.61 bits per heavy atom. The third kappa shape index (κ3) is 8.60. The second-order valence-electron chi connectivity index (χ2n) is 16.5.